The minimum absolute atomic E-state index is 0.440. The predicted molar refractivity (Wildman–Crippen MR) is 84.8 cm³/mol. The van der Waals surface area contributed by atoms with Crippen LogP contribution >= 0.6 is 0 Å². The van der Waals surface area contributed by atoms with Gasteiger partial charge >= 0.3 is 0 Å². The van der Waals surface area contributed by atoms with Gasteiger partial charge in [0.05, 0.1) is 6.26 Å². The lowest BCUT2D eigenvalue weighted by atomic mass is 9.85. The smallest absolute Gasteiger partial charge is 0.211 e. The molecule has 0 bridgehead atoms. The van der Waals surface area contributed by atoms with Gasteiger partial charge in [0.15, 0.2) is 0 Å². The molecule has 1 heterocycles. The van der Waals surface area contributed by atoms with Crippen molar-refractivity contribution in [1.29, 1.82) is 0 Å². The molecule has 21 heavy (non-hydrogen) atoms. The van der Waals surface area contributed by atoms with Gasteiger partial charge in [-0.25, -0.2) is 8.42 Å². The van der Waals surface area contributed by atoms with E-state index in [1.807, 2.05) is 0 Å². The molecular weight excluding hydrogens is 286 g/mol. The van der Waals surface area contributed by atoms with E-state index in [0.717, 1.165) is 32.2 Å². The fourth-order valence-corrected chi connectivity index (χ4v) is 4.68. The molecule has 1 N–H and O–H groups in total. The average Bonchev–Trinajstić information content (AvgIpc) is 3.16. The quantitative estimate of drug-likeness (QED) is 0.790. The van der Waals surface area contributed by atoms with E-state index in [9.17, 15) is 8.42 Å². The first-order chi connectivity index (χ1) is 9.97. The molecule has 0 spiro atoms. The van der Waals surface area contributed by atoms with Gasteiger partial charge in [0.1, 0.15) is 0 Å². The lowest BCUT2D eigenvalue weighted by Crippen LogP contribution is -2.52. The standard InChI is InChI=1S/C15H29N3O2S/c1-21(19,20)18-10-8-17(9-11-18)13-15(6-2-3-7-15)12-16-14-4-5-14/h14,16H,2-13H2,1H3. The van der Waals surface area contributed by atoms with E-state index in [0.29, 0.717) is 18.5 Å². The number of rotatable bonds is 6. The maximum Gasteiger partial charge on any atom is 0.211 e. The summed E-state index contributed by atoms with van der Waals surface area (Å²) in [5.41, 5.74) is 0.440. The summed E-state index contributed by atoms with van der Waals surface area (Å²) < 4.78 is 24.8. The fourth-order valence-electron chi connectivity index (χ4n) is 3.86. The number of nitrogens with one attached hydrogen (secondary N) is 1. The summed E-state index contributed by atoms with van der Waals surface area (Å²) in [5, 5.41) is 3.73. The molecule has 0 atom stereocenters. The van der Waals surface area contributed by atoms with Crippen molar-refractivity contribution in [1.82, 2.24) is 14.5 Å². The Hall–Kier alpha value is -0.170. The van der Waals surface area contributed by atoms with Gasteiger partial charge in [0.25, 0.3) is 0 Å². The Labute approximate surface area is 129 Å². The Morgan fingerprint density at radius 3 is 2.24 bits per heavy atom. The lowest BCUT2D eigenvalue weighted by molar-refractivity contribution is 0.113. The third-order valence-corrected chi connectivity index (χ3v) is 6.67. The van der Waals surface area contributed by atoms with Crippen LogP contribution in [-0.4, -0.2) is 69.2 Å². The summed E-state index contributed by atoms with van der Waals surface area (Å²) >= 11 is 0. The van der Waals surface area contributed by atoms with Gasteiger partial charge in [0.2, 0.25) is 10.0 Å². The summed E-state index contributed by atoms with van der Waals surface area (Å²) in [6.45, 7) is 5.39. The largest absolute Gasteiger partial charge is 0.313 e. The fraction of sp³-hybridized carbons (Fsp3) is 1.00. The van der Waals surface area contributed by atoms with Crippen LogP contribution in [0.15, 0.2) is 0 Å². The first-order valence-corrected chi connectivity index (χ1v) is 10.2. The molecule has 0 amide bonds. The highest BCUT2D eigenvalue weighted by Gasteiger charge is 2.38. The Bertz CT molecular complexity index is 448. The molecule has 0 unspecified atom stereocenters. The minimum Gasteiger partial charge on any atom is -0.313 e. The summed E-state index contributed by atoms with van der Waals surface area (Å²) in [5.74, 6) is 0. The number of hydrogen-bond donors (Lipinski definition) is 1. The van der Waals surface area contributed by atoms with Crippen LogP contribution in [0.3, 0.4) is 0 Å². The molecule has 3 fully saturated rings. The second-order valence-electron chi connectivity index (χ2n) is 7.30. The van der Waals surface area contributed by atoms with Gasteiger partial charge in [-0.05, 0) is 31.1 Å². The SMILES string of the molecule is CS(=O)(=O)N1CCN(CC2(CNC3CC3)CCCC2)CC1. The van der Waals surface area contributed by atoms with E-state index in [4.69, 9.17) is 0 Å². The molecule has 2 aliphatic carbocycles. The van der Waals surface area contributed by atoms with Crippen molar-refractivity contribution in [3.05, 3.63) is 0 Å². The molecule has 6 heteroatoms. The Balaban J connectivity index is 1.52. The molecule has 122 valence electrons. The number of nitrogens with zero attached hydrogens (tertiary/aromatic N) is 2. The molecule has 2 saturated carbocycles. The lowest BCUT2D eigenvalue weighted by Gasteiger charge is -2.40. The molecule has 1 saturated heterocycles. The normalized spacial score (nSPS) is 28.0. The highest BCUT2D eigenvalue weighted by atomic mass is 32.2. The zero-order valence-electron chi connectivity index (χ0n) is 13.2. The van der Waals surface area contributed by atoms with Crippen LogP contribution < -0.4 is 5.32 Å². The third-order valence-electron chi connectivity index (χ3n) is 5.37. The van der Waals surface area contributed by atoms with Crippen molar-refractivity contribution in [2.24, 2.45) is 5.41 Å². The molecule has 1 aliphatic heterocycles. The summed E-state index contributed by atoms with van der Waals surface area (Å²) in [6, 6.07) is 0.782. The van der Waals surface area contributed by atoms with Gasteiger partial charge in [-0.1, -0.05) is 12.8 Å². The molecule has 0 aromatic rings. The number of hydrogen-bond acceptors (Lipinski definition) is 4. The average molecular weight is 315 g/mol. The minimum atomic E-state index is -3.01. The summed E-state index contributed by atoms with van der Waals surface area (Å²) in [7, 11) is -3.01. The van der Waals surface area contributed by atoms with Crippen molar-refractivity contribution in [3.63, 3.8) is 0 Å². The maximum atomic E-state index is 11.6. The van der Waals surface area contributed by atoms with Crippen molar-refractivity contribution >= 4 is 10.0 Å². The zero-order valence-corrected chi connectivity index (χ0v) is 14.0. The summed E-state index contributed by atoms with van der Waals surface area (Å²) in [6.07, 6.45) is 9.40. The van der Waals surface area contributed by atoms with Gasteiger partial charge in [0, 0.05) is 45.3 Å². The zero-order chi connectivity index (χ0) is 14.9. The van der Waals surface area contributed by atoms with Crippen LogP contribution in [0.1, 0.15) is 38.5 Å². The van der Waals surface area contributed by atoms with E-state index in [1.54, 1.807) is 4.31 Å². The topological polar surface area (TPSA) is 52.7 Å². The maximum absolute atomic E-state index is 11.6. The first-order valence-electron chi connectivity index (χ1n) is 8.38. The molecular formula is C15H29N3O2S. The van der Waals surface area contributed by atoms with Crippen LogP contribution in [0.5, 0.6) is 0 Å². The van der Waals surface area contributed by atoms with Gasteiger partial charge < -0.3 is 10.2 Å². The van der Waals surface area contributed by atoms with Gasteiger partial charge in [-0.15, -0.1) is 0 Å². The Morgan fingerprint density at radius 2 is 1.71 bits per heavy atom. The van der Waals surface area contributed by atoms with E-state index in [-0.39, 0.29) is 0 Å². The van der Waals surface area contributed by atoms with Crippen molar-refractivity contribution in [2.75, 3.05) is 45.5 Å². The molecule has 0 radical (unpaired) electrons. The third kappa shape index (κ3) is 4.18. The molecule has 0 aromatic heterocycles. The second kappa shape index (κ2) is 6.14. The summed E-state index contributed by atoms with van der Waals surface area (Å²) in [4.78, 5) is 2.49. The van der Waals surface area contributed by atoms with E-state index < -0.39 is 10.0 Å². The monoisotopic (exact) mass is 315 g/mol. The highest BCUT2D eigenvalue weighted by Crippen LogP contribution is 2.39. The van der Waals surface area contributed by atoms with Gasteiger partial charge in [-0.2, -0.15) is 4.31 Å². The highest BCUT2D eigenvalue weighted by molar-refractivity contribution is 7.88. The van der Waals surface area contributed by atoms with Crippen LogP contribution in [-0.2, 0) is 10.0 Å². The van der Waals surface area contributed by atoms with E-state index in [2.05, 4.69) is 10.2 Å². The van der Waals surface area contributed by atoms with Crippen molar-refractivity contribution in [3.8, 4) is 0 Å². The van der Waals surface area contributed by atoms with E-state index >= 15 is 0 Å². The van der Waals surface area contributed by atoms with Gasteiger partial charge in [-0.3, -0.25) is 0 Å². The number of piperazine rings is 1. The van der Waals surface area contributed by atoms with Crippen molar-refractivity contribution < 1.29 is 8.42 Å². The van der Waals surface area contributed by atoms with Crippen LogP contribution in [0.4, 0.5) is 0 Å². The molecule has 3 rings (SSSR count). The number of sulfonamides is 1. The molecule has 5 nitrogen and oxygen atoms in total. The predicted octanol–water partition coefficient (Wildman–Crippen LogP) is 0.876. The second-order valence-corrected chi connectivity index (χ2v) is 9.28. The van der Waals surface area contributed by atoms with Crippen molar-refractivity contribution in [2.45, 2.75) is 44.6 Å². The van der Waals surface area contributed by atoms with Crippen LogP contribution in [0.25, 0.3) is 0 Å². The van der Waals surface area contributed by atoms with Crippen LogP contribution in [0.2, 0.25) is 0 Å². The molecule has 3 aliphatic rings. The van der Waals surface area contributed by atoms with Crippen LogP contribution in [0, 0.1) is 5.41 Å². The molecule has 0 aromatic carbocycles. The Kier molecular flexibility index (Phi) is 4.60. The van der Waals surface area contributed by atoms with E-state index in [1.165, 1.54) is 44.8 Å². The first kappa shape index (κ1) is 15.7. The Morgan fingerprint density at radius 1 is 1.10 bits per heavy atom.